The molecule has 1 amide bonds. The number of likely N-dealkylation sites (tertiary alicyclic amines) is 1. The molecule has 0 bridgehead atoms. The maximum atomic E-state index is 12.8. The van der Waals surface area contributed by atoms with Crippen molar-refractivity contribution in [3.63, 3.8) is 0 Å². The molecule has 0 radical (unpaired) electrons. The van der Waals surface area contributed by atoms with Gasteiger partial charge in [0.1, 0.15) is 17.9 Å². The van der Waals surface area contributed by atoms with Gasteiger partial charge in [-0.15, -0.1) is 5.10 Å². The minimum atomic E-state index is 0.0958. The molecule has 1 aromatic carbocycles. The third-order valence-corrected chi connectivity index (χ3v) is 4.91. The molecule has 0 saturated carbocycles. The van der Waals surface area contributed by atoms with E-state index in [9.17, 15) is 4.79 Å². The lowest BCUT2D eigenvalue weighted by molar-refractivity contribution is -0.133. The highest BCUT2D eigenvalue weighted by atomic mass is 16.2. The number of hydrogen-bond acceptors (Lipinski definition) is 4. The molecule has 1 atom stereocenters. The van der Waals surface area contributed by atoms with Crippen molar-refractivity contribution in [2.45, 2.75) is 38.8 Å². The van der Waals surface area contributed by atoms with E-state index in [1.165, 1.54) is 0 Å². The number of imidazole rings is 1. The van der Waals surface area contributed by atoms with Crippen molar-refractivity contribution in [3.8, 4) is 0 Å². The summed E-state index contributed by atoms with van der Waals surface area (Å²) < 4.78 is 3.92. The fraction of sp³-hybridized carbons (Fsp3) is 0.444. The number of benzene rings is 1. The minimum absolute atomic E-state index is 0.0958. The second kappa shape index (κ2) is 6.66. The Morgan fingerprint density at radius 3 is 3.08 bits per heavy atom. The smallest absolute Gasteiger partial charge is 0.244 e. The van der Waals surface area contributed by atoms with Crippen molar-refractivity contribution < 1.29 is 4.79 Å². The highest BCUT2D eigenvalue weighted by Crippen LogP contribution is 2.23. The van der Waals surface area contributed by atoms with E-state index in [1.807, 2.05) is 41.6 Å². The molecule has 0 unspecified atom stereocenters. The number of aromatic nitrogens is 5. The number of piperidine rings is 1. The first-order valence-corrected chi connectivity index (χ1v) is 8.84. The Labute approximate surface area is 146 Å². The zero-order valence-electron chi connectivity index (χ0n) is 14.4. The van der Waals surface area contributed by atoms with Crippen molar-refractivity contribution in [3.05, 3.63) is 42.5 Å². The molecule has 7 heteroatoms. The van der Waals surface area contributed by atoms with Gasteiger partial charge in [0.25, 0.3) is 0 Å². The number of carbonyl (C=O) groups excluding carboxylic acids is 1. The molecule has 1 fully saturated rings. The minimum Gasteiger partial charge on any atom is -0.339 e. The predicted octanol–water partition coefficient (Wildman–Crippen LogP) is 2.05. The molecule has 0 spiro atoms. The summed E-state index contributed by atoms with van der Waals surface area (Å²) >= 11 is 0. The third-order valence-electron chi connectivity index (χ3n) is 4.91. The monoisotopic (exact) mass is 338 g/mol. The zero-order valence-corrected chi connectivity index (χ0v) is 14.4. The van der Waals surface area contributed by atoms with Crippen LogP contribution in [0, 0.1) is 0 Å². The Hall–Kier alpha value is -2.70. The van der Waals surface area contributed by atoms with E-state index in [4.69, 9.17) is 0 Å². The summed E-state index contributed by atoms with van der Waals surface area (Å²) in [6, 6.07) is 8.03. The van der Waals surface area contributed by atoms with Gasteiger partial charge in [-0.1, -0.05) is 24.3 Å². The topological polar surface area (TPSA) is 68.8 Å². The van der Waals surface area contributed by atoms with Crippen LogP contribution in [0.3, 0.4) is 0 Å². The Kier molecular flexibility index (Phi) is 4.21. The summed E-state index contributed by atoms with van der Waals surface area (Å²) in [5, 5.41) is 8.26. The first-order valence-electron chi connectivity index (χ1n) is 8.84. The van der Waals surface area contributed by atoms with Crippen LogP contribution >= 0.6 is 0 Å². The van der Waals surface area contributed by atoms with Gasteiger partial charge in [0.05, 0.1) is 11.6 Å². The average molecular weight is 338 g/mol. The van der Waals surface area contributed by atoms with Crippen molar-refractivity contribution in [2.75, 3.05) is 13.1 Å². The Morgan fingerprint density at radius 2 is 2.20 bits per heavy atom. The van der Waals surface area contributed by atoms with E-state index in [1.54, 1.807) is 4.68 Å². The summed E-state index contributed by atoms with van der Waals surface area (Å²) in [6.45, 7) is 3.88. The van der Waals surface area contributed by atoms with Gasteiger partial charge < -0.3 is 9.47 Å². The molecule has 0 N–H and O–H groups in total. The number of amides is 1. The van der Waals surface area contributed by atoms with Crippen molar-refractivity contribution >= 4 is 16.9 Å². The van der Waals surface area contributed by atoms with Crippen LogP contribution in [-0.2, 0) is 17.8 Å². The average Bonchev–Trinajstić information content (AvgIpc) is 3.29. The number of fused-ring (bicyclic) bond motifs is 1. The number of rotatable bonds is 4. The Balaban J connectivity index is 1.48. The van der Waals surface area contributed by atoms with Crippen molar-refractivity contribution in [1.82, 2.24) is 29.4 Å². The van der Waals surface area contributed by atoms with Gasteiger partial charge in [0.15, 0.2) is 0 Å². The lowest BCUT2D eigenvalue weighted by atomic mass is 10.1. The lowest BCUT2D eigenvalue weighted by Gasteiger charge is -2.34. The SMILES string of the molecule is CCc1nccn1[C@@H]1CCCN(C(=O)Cn2nnc3ccccc32)C1. The number of para-hydroxylation sites is 1. The van der Waals surface area contributed by atoms with Gasteiger partial charge >= 0.3 is 0 Å². The zero-order chi connectivity index (χ0) is 17.2. The van der Waals surface area contributed by atoms with Crippen LogP contribution in [0.4, 0.5) is 0 Å². The van der Waals surface area contributed by atoms with Crippen LogP contribution < -0.4 is 0 Å². The molecule has 4 rings (SSSR count). The van der Waals surface area contributed by atoms with E-state index >= 15 is 0 Å². The molecule has 1 aliphatic rings. The molecule has 1 aliphatic heterocycles. The van der Waals surface area contributed by atoms with E-state index in [2.05, 4.69) is 26.8 Å². The molecule has 3 aromatic rings. The fourth-order valence-electron chi connectivity index (χ4n) is 3.62. The standard InChI is InChI=1S/C18H22N6O/c1-2-17-19-9-11-23(17)14-6-5-10-22(12-14)18(25)13-24-16-8-4-3-7-15(16)20-21-24/h3-4,7-9,11,14H,2,5-6,10,12-13H2,1H3/t14-/m1/s1. The van der Waals surface area contributed by atoms with Crippen LogP contribution in [0.15, 0.2) is 36.7 Å². The molecule has 3 heterocycles. The second-order valence-electron chi connectivity index (χ2n) is 6.48. The molecule has 7 nitrogen and oxygen atoms in total. The number of hydrogen-bond donors (Lipinski definition) is 0. The van der Waals surface area contributed by atoms with Crippen molar-refractivity contribution in [1.29, 1.82) is 0 Å². The number of carbonyl (C=O) groups is 1. The Bertz CT molecular complexity index is 882. The van der Waals surface area contributed by atoms with Gasteiger partial charge in [0, 0.05) is 31.9 Å². The van der Waals surface area contributed by atoms with Crippen LogP contribution in [0.25, 0.3) is 11.0 Å². The van der Waals surface area contributed by atoms with Crippen LogP contribution in [0.1, 0.15) is 31.6 Å². The maximum absolute atomic E-state index is 12.8. The molecular formula is C18H22N6O. The highest BCUT2D eigenvalue weighted by molar-refractivity contribution is 5.79. The molecule has 2 aromatic heterocycles. The summed E-state index contributed by atoms with van der Waals surface area (Å²) in [5.41, 5.74) is 1.71. The Morgan fingerprint density at radius 1 is 1.32 bits per heavy atom. The highest BCUT2D eigenvalue weighted by Gasteiger charge is 2.26. The summed E-state index contributed by atoms with van der Waals surface area (Å²) in [4.78, 5) is 19.2. The molecule has 25 heavy (non-hydrogen) atoms. The first-order chi connectivity index (χ1) is 12.3. The van der Waals surface area contributed by atoms with Crippen molar-refractivity contribution in [2.24, 2.45) is 0 Å². The first kappa shape index (κ1) is 15.8. The summed E-state index contributed by atoms with van der Waals surface area (Å²) in [5.74, 6) is 1.18. The second-order valence-corrected chi connectivity index (χ2v) is 6.48. The van der Waals surface area contributed by atoms with E-state index in [0.717, 1.165) is 49.2 Å². The molecule has 0 aliphatic carbocycles. The van der Waals surface area contributed by atoms with Gasteiger partial charge in [-0.3, -0.25) is 4.79 Å². The third kappa shape index (κ3) is 3.01. The molecule has 1 saturated heterocycles. The summed E-state index contributed by atoms with van der Waals surface area (Å²) in [6.07, 6.45) is 6.88. The van der Waals surface area contributed by atoms with Gasteiger partial charge in [0.2, 0.25) is 5.91 Å². The molecular weight excluding hydrogens is 316 g/mol. The quantitative estimate of drug-likeness (QED) is 0.730. The normalized spacial score (nSPS) is 18.0. The number of aryl methyl sites for hydroxylation is 1. The predicted molar refractivity (Wildman–Crippen MR) is 94.0 cm³/mol. The van der Waals surface area contributed by atoms with E-state index < -0.39 is 0 Å². The maximum Gasteiger partial charge on any atom is 0.244 e. The molecule has 130 valence electrons. The van der Waals surface area contributed by atoms with Gasteiger partial charge in [-0.05, 0) is 25.0 Å². The fourth-order valence-corrected chi connectivity index (χ4v) is 3.62. The van der Waals surface area contributed by atoms with Crippen LogP contribution in [0.5, 0.6) is 0 Å². The van der Waals surface area contributed by atoms with Crippen LogP contribution in [-0.4, -0.2) is 48.4 Å². The largest absolute Gasteiger partial charge is 0.339 e. The van der Waals surface area contributed by atoms with E-state index in [0.29, 0.717) is 6.04 Å². The van der Waals surface area contributed by atoms with Gasteiger partial charge in [-0.2, -0.15) is 0 Å². The lowest BCUT2D eigenvalue weighted by Crippen LogP contribution is -2.42. The summed E-state index contributed by atoms with van der Waals surface area (Å²) in [7, 11) is 0. The van der Waals surface area contributed by atoms with E-state index in [-0.39, 0.29) is 12.5 Å². The van der Waals surface area contributed by atoms with Gasteiger partial charge in [-0.25, -0.2) is 9.67 Å². The van der Waals surface area contributed by atoms with Crippen LogP contribution in [0.2, 0.25) is 0 Å². The number of nitrogens with zero attached hydrogens (tertiary/aromatic N) is 6.